The van der Waals surface area contributed by atoms with Crippen LogP contribution < -0.4 is 14.4 Å². The number of hydrogen-bond acceptors (Lipinski definition) is 5. The Morgan fingerprint density at radius 1 is 1.14 bits per heavy atom. The number of hydrogen-bond donors (Lipinski definition) is 1. The molecular formula is C20H19FN2O4S2. The number of nitrogens with one attached hydrogen (secondary N) is 1. The Morgan fingerprint density at radius 2 is 1.86 bits per heavy atom. The summed E-state index contributed by atoms with van der Waals surface area (Å²) in [4.78, 5) is 12.2. The zero-order valence-corrected chi connectivity index (χ0v) is 17.3. The Hall–Kier alpha value is -2.91. The van der Waals surface area contributed by atoms with Gasteiger partial charge in [-0.2, -0.15) is 0 Å². The van der Waals surface area contributed by atoms with Gasteiger partial charge in [0.1, 0.15) is 15.8 Å². The van der Waals surface area contributed by atoms with Crippen molar-refractivity contribution < 1.29 is 22.3 Å². The molecule has 0 fully saturated rings. The number of ether oxygens (including phenoxy) is 1. The van der Waals surface area contributed by atoms with Crippen molar-refractivity contribution in [3.8, 4) is 5.75 Å². The molecule has 0 aliphatic rings. The molecular weight excluding hydrogens is 415 g/mol. The zero-order valence-electron chi connectivity index (χ0n) is 15.7. The predicted octanol–water partition coefficient (Wildman–Crippen LogP) is 4.12. The molecule has 0 saturated carbocycles. The van der Waals surface area contributed by atoms with Gasteiger partial charge in [-0.3, -0.25) is 9.10 Å². The van der Waals surface area contributed by atoms with Crippen LogP contribution in [0.4, 0.5) is 15.8 Å². The van der Waals surface area contributed by atoms with Crippen molar-refractivity contribution in [3.63, 3.8) is 0 Å². The lowest BCUT2D eigenvalue weighted by Crippen LogP contribution is -2.30. The van der Waals surface area contributed by atoms with Crippen LogP contribution in [0.25, 0.3) is 0 Å². The van der Waals surface area contributed by atoms with Gasteiger partial charge in [0, 0.05) is 12.7 Å². The number of nitrogens with zero attached hydrogens (tertiary/aromatic N) is 1. The molecule has 0 saturated heterocycles. The minimum absolute atomic E-state index is 0.253. The highest BCUT2D eigenvalue weighted by Crippen LogP contribution is 2.27. The van der Waals surface area contributed by atoms with Gasteiger partial charge in [0.25, 0.3) is 15.9 Å². The van der Waals surface area contributed by atoms with Gasteiger partial charge in [0.05, 0.1) is 5.69 Å². The fourth-order valence-corrected chi connectivity index (χ4v) is 4.84. The van der Waals surface area contributed by atoms with E-state index in [1.165, 1.54) is 29.6 Å². The van der Waals surface area contributed by atoms with E-state index in [1.54, 1.807) is 54.8 Å². The van der Waals surface area contributed by atoms with Gasteiger partial charge in [0.2, 0.25) is 0 Å². The molecule has 1 heterocycles. The van der Waals surface area contributed by atoms with Crippen LogP contribution in [0.15, 0.2) is 70.3 Å². The van der Waals surface area contributed by atoms with E-state index in [2.05, 4.69) is 5.32 Å². The lowest BCUT2D eigenvalue weighted by molar-refractivity contribution is -0.122. The number of anilines is 2. The number of benzene rings is 2. The summed E-state index contributed by atoms with van der Waals surface area (Å²) in [6.07, 6.45) is -0.836. The molecule has 0 unspecified atom stereocenters. The van der Waals surface area contributed by atoms with Crippen LogP contribution in [0.2, 0.25) is 0 Å². The topological polar surface area (TPSA) is 75.7 Å². The number of amides is 1. The Bertz CT molecular complexity index is 1080. The second-order valence-electron chi connectivity index (χ2n) is 6.16. The number of carbonyl (C=O) groups is 1. The van der Waals surface area contributed by atoms with Crippen molar-refractivity contribution in [2.75, 3.05) is 16.7 Å². The van der Waals surface area contributed by atoms with Crippen LogP contribution in [0, 0.1) is 5.82 Å². The first-order valence-electron chi connectivity index (χ1n) is 8.63. The molecule has 152 valence electrons. The third-order valence-corrected chi connectivity index (χ3v) is 7.24. The van der Waals surface area contributed by atoms with E-state index in [-0.39, 0.29) is 4.21 Å². The normalized spacial score (nSPS) is 12.2. The molecule has 3 aromatic rings. The first kappa shape index (κ1) is 20.8. The molecule has 0 aliphatic heterocycles. The van der Waals surface area contributed by atoms with Crippen molar-refractivity contribution >= 4 is 38.6 Å². The SMILES string of the molecule is C[C@@H](Oc1ccc(N(C)S(=O)(=O)c2cccs2)cc1)C(=O)Nc1cccc(F)c1. The summed E-state index contributed by atoms with van der Waals surface area (Å²) in [6, 6.07) is 15.2. The van der Waals surface area contributed by atoms with E-state index >= 15 is 0 Å². The Morgan fingerprint density at radius 3 is 2.48 bits per heavy atom. The highest BCUT2D eigenvalue weighted by atomic mass is 32.2. The highest BCUT2D eigenvalue weighted by molar-refractivity contribution is 7.94. The third kappa shape index (κ3) is 4.93. The van der Waals surface area contributed by atoms with Crippen molar-refractivity contribution in [3.05, 3.63) is 71.9 Å². The lowest BCUT2D eigenvalue weighted by atomic mass is 10.2. The largest absolute Gasteiger partial charge is 0.481 e. The van der Waals surface area contributed by atoms with Gasteiger partial charge in [-0.05, 0) is 60.8 Å². The molecule has 1 N–H and O–H groups in total. The molecule has 0 radical (unpaired) electrons. The number of halogens is 1. The highest BCUT2D eigenvalue weighted by Gasteiger charge is 2.22. The first-order valence-corrected chi connectivity index (χ1v) is 10.9. The Kier molecular flexibility index (Phi) is 6.19. The quantitative estimate of drug-likeness (QED) is 0.607. The van der Waals surface area contributed by atoms with E-state index in [0.29, 0.717) is 17.1 Å². The fourth-order valence-electron chi connectivity index (χ4n) is 2.49. The average molecular weight is 435 g/mol. The standard InChI is InChI=1S/C20H19FN2O4S2/c1-14(20(24)22-16-6-3-5-15(21)13-16)27-18-10-8-17(9-11-18)23(2)29(25,26)19-7-4-12-28-19/h3-14H,1-2H3,(H,22,24)/t14-/m1/s1. The van der Waals surface area contributed by atoms with Gasteiger partial charge >= 0.3 is 0 Å². The van der Waals surface area contributed by atoms with Crippen molar-refractivity contribution in [1.82, 2.24) is 0 Å². The summed E-state index contributed by atoms with van der Waals surface area (Å²) in [5.41, 5.74) is 0.795. The van der Waals surface area contributed by atoms with Crippen molar-refractivity contribution in [2.45, 2.75) is 17.2 Å². The number of thiophene rings is 1. The first-order chi connectivity index (χ1) is 13.8. The van der Waals surface area contributed by atoms with Gasteiger partial charge in [-0.25, -0.2) is 12.8 Å². The third-order valence-electron chi connectivity index (χ3n) is 4.08. The smallest absolute Gasteiger partial charge is 0.273 e. The minimum atomic E-state index is -3.62. The van der Waals surface area contributed by atoms with Gasteiger partial charge < -0.3 is 10.1 Å². The Balaban J connectivity index is 1.65. The van der Waals surface area contributed by atoms with E-state index in [1.807, 2.05) is 0 Å². The summed E-state index contributed by atoms with van der Waals surface area (Å²) in [6.45, 7) is 1.57. The summed E-state index contributed by atoms with van der Waals surface area (Å²) >= 11 is 1.15. The molecule has 29 heavy (non-hydrogen) atoms. The summed E-state index contributed by atoms with van der Waals surface area (Å²) in [5.74, 6) is -0.483. The van der Waals surface area contributed by atoms with Crippen molar-refractivity contribution in [1.29, 1.82) is 0 Å². The van der Waals surface area contributed by atoms with Gasteiger partial charge in [0.15, 0.2) is 6.10 Å². The molecule has 6 nitrogen and oxygen atoms in total. The molecule has 1 aromatic heterocycles. The summed E-state index contributed by atoms with van der Waals surface area (Å²) < 4.78 is 45.4. The average Bonchev–Trinajstić information content (AvgIpc) is 3.23. The van der Waals surface area contributed by atoms with Gasteiger partial charge in [-0.15, -0.1) is 11.3 Å². The van der Waals surface area contributed by atoms with Crippen LogP contribution in [-0.4, -0.2) is 27.5 Å². The fraction of sp³-hybridized carbons (Fsp3) is 0.150. The molecule has 1 amide bonds. The van der Waals surface area contributed by atoms with Crippen LogP contribution in [0.5, 0.6) is 5.75 Å². The number of sulfonamides is 1. The van der Waals surface area contributed by atoms with Crippen LogP contribution in [-0.2, 0) is 14.8 Å². The summed E-state index contributed by atoms with van der Waals surface area (Å²) in [5, 5.41) is 4.28. The van der Waals surface area contributed by atoms with Gasteiger partial charge in [-0.1, -0.05) is 12.1 Å². The van der Waals surface area contributed by atoms with Crippen LogP contribution in [0.3, 0.4) is 0 Å². The van der Waals surface area contributed by atoms with E-state index in [4.69, 9.17) is 4.74 Å². The minimum Gasteiger partial charge on any atom is -0.481 e. The predicted molar refractivity (Wildman–Crippen MR) is 111 cm³/mol. The summed E-state index contributed by atoms with van der Waals surface area (Å²) in [7, 11) is -2.15. The maximum absolute atomic E-state index is 13.2. The number of rotatable bonds is 7. The molecule has 0 spiro atoms. The second kappa shape index (κ2) is 8.62. The van der Waals surface area contributed by atoms with Crippen LogP contribution >= 0.6 is 11.3 Å². The molecule has 9 heteroatoms. The second-order valence-corrected chi connectivity index (χ2v) is 9.30. The molecule has 0 bridgehead atoms. The molecule has 1 atom stereocenters. The van der Waals surface area contributed by atoms with E-state index in [0.717, 1.165) is 11.3 Å². The number of carbonyl (C=O) groups excluding carboxylic acids is 1. The Labute approximate surface area is 172 Å². The maximum Gasteiger partial charge on any atom is 0.273 e. The van der Waals surface area contributed by atoms with E-state index < -0.39 is 27.9 Å². The van der Waals surface area contributed by atoms with E-state index in [9.17, 15) is 17.6 Å². The molecule has 0 aliphatic carbocycles. The van der Waals surface area contributed by atoms with Crippen LogP contribution in [0.1, 0.15) is 6.92 Å². The van der Waals surface area contributed by atoms with Crippen molar-refractivity contribution in [2.24, 2.45) is 0 Å². The zero-order chi connectivity index (χ0) is 21.0. The monoisotopic (exact) mass is 434 g/mol. The molecule has 3 rings (SSSR count). The lowest BCUT2D eigenvalue weighted by Gasteiger charge is -2.19. The maximum atomic E-state index is 13.2. The molecule has 2 aromatic carbocycles.